The Morgan fingerprint density at radius 3 is 1.76 bits per heavy atom. The Labute approximate surface area is 169 Å². The van der Waals surface area contributed by atoms with E-state index in [0.29, 0.717) is 22.6 Å². The van der Waals surface area contributed by atoms with Gasteiger partial charge in [-0.05, 0) is 48.5 Å². The predicted molar refractivity (Wildman–Crippen MR) is 109 cm³/mol. The average Bonchev–Trinajstić information content (AvgIpc) is 2.79. The van der Waals surface area contributed by atoms with Crippen LogP contribution in [0, 0.1) is 5.82 Å². The van der Waals surface area contributed by atoms with Crippen LogP contribution in [-0.4, -0.2) is 34.2 Å². The fourth-order valence-electron chi connectivity index (χ4n) is 2.47. The highest BCUT2D eigenvalue weighted by Gasteiger charge is 2.15. The Hall–Kier alpha value is -3.54. The van der Waals surface area contributed by atoms with Crippen LogP contribution in [-0.2, 0) is 0 Å². The highest BCUT2D eigenvalue weighted by Crippen LogP contribution is 2.26. The number of ether oxygens (including phenoxy) is 4. The van der Waals surface area contributed by atoms with Gasteiger partial charge in [0, 0.05) is 17.7 Å². The summed E-state index contributed by atoms with van der Waals surface area (Å²) in [5.41, 5.74) is 0.819. The summed E-state index contributed by atoms with van der Waals surface area (Å²) < 4.78 is 33.0. The van der Waals surface area contributed by atoms with Gasteiger partial charge in [0.05, 0.1) is 34.0 Å². The van der Waals surface area contributed by atoms with E-state index in [-0.39, 0.29) is 11.6 Å². The number of methoxy groups -OCH3 is 4. The van der Waals surface area contributed by atoms with Crippen LogP contribution in [0.2, 0.25) is 0 Å². The second-order valence-corrected chi connectivity index (χ2v) is 5.79. The molecule has 0 aliphatic heterocycles. The quantitative estimate of drug-likeness (QED) is 0.560. The van der Waals surface area contributed by atoms with E-state index in [4.69, 9.17) is 18.9 Å². The molecular formula is C23H23FO5. The van der Waals surface area contributed by atoms with Crippen molar-refractivity contribution in [2.45, 2.75) is 0 Å². The molecule has 0 N–H and O–H groups in total. The van der Waals surface area contributed by atoms with Crippen LogP contribution < -0.4 is 18.9 Å². The lowest BCUT2D eigenvalue weighted by atomic mass is 10.0. The lowest BCUT2D eigenvalue weighted by molar-refractivity contribution is 0.103. The molecule has 0 heterocycles. The van der Waals surface area contributed by atoms with E-state index in [1.807, 2.05) is 24.3 Å². The van der Waals surface area contributed by atoms with Gasteiger partial charge in [-0.2, -0.15) is 0 Å². The molecule has 29 heavy (non-hydrogen) atoms. The third kappa shape index (κ3) is 5.97. The number of halogens is 1. The van der Waals surface area contributed by atoms with Crippen LogP contribution in [0.5, 0.6) is 23.0 Å². The lowest BCUT2D eigenvalue weighted by Gasteiger charge is -2.09. The van der Waals surface area contributed by atoms with Crippen molar-refractivity contribution in [1.82, 2.24) is 0 Å². The second-order valence-electron chi connectivity index (χ2n) is 5.79. The van der Waals surface area contributed by atoms with Crippen LogP contribution in [0.3, 0.4) is 0 Å². The van der Waals surface area contributed by atoms with Crippen molar-refractivity contribution >= 4 is 5.78 Å². The van der Waals surface area contributed by atoms with Gasteiger partial charge in [-0.15, -0.1) is 0 Å². The van der Waals surface area contributed by atoms with Crippen LogP contribution in [0.15, 0.2) is 66.7 Å². The van der Waals surface area contributed by atoms with Crippen molar-refractivity contribution in [2.75, 3.05) is 28.4 Å². The van der Waals surface area contributed by atoms with Gasteiger partial charge in [-0.25, -0.2) is 4.39 Å². The zero-order chi connectivity index (χ0) is 21.2. The summed E-state index contributed by atoms with van der Waals surface area (Å²) in [6, 6.07) is 17.8. The minimum Gasteiger partial charge on any atom is -0.497 e. The van der Waals surface area contributed by atoms with Crippen molar-refractivity contribution in [2.24, 2.45) is 0 Å². The number of carbonyl (C=O) groups is 1. The SMILES string of the molecule is COc1ccc(C(=O)c2ccc(F)cc2)c(OC)c1.COc1cccc(OC)c1. The van der Waals surface area contributed by atoms with Gasteiger partial charge < -0.3 is 18.9 Å². The third-order valence-electron chi connectivity index (χ3n) is 4.04. The Bertz CT molecular complexity index is 919. The Balaban J connectivity index is 0.000000253. The summed E-state index contributed by atoms with van der Waals surface area (Å²) >= 11 is 0. The summed E-state index contributed by atoms with van der Waals surface area (Å²) in [4.78, 5) is 12.3. The minimum atomic E-state index is -0.377. The van der Waals surface area contributed by atoms with Crippen molar-refractivity contribution in [3.8, 4) is 23.0 Å². The Morgan fingerprint density at radius 1 is 0.690 bits per heavy atom. The van der Waals surface area contributed by atoms with E-state index in [0.717, 1.165) is 11.5 Å². The van der Waals surface area contributed by atoms with Gasteiger partial charge >= 0.3 is 0 Å². The van der Waals surface area contributed by atoms with Gasteiger partial charge in [0.1, 0.15) is 28.8 Å². The van der Waals surface area contributed by atoms with E-state index in [9.17, 15) is 9.18 Å². The highest BCUT2D eigenvalue weighted by atomic mass is 19.1. The van der Waals surface area contributed by atoms with Crippen molar-refractivity contribution in [3.63, 3.8) is 0 Å². The monoisotopic (exact) mass is 398 g/mol. The Morgan fingerprint density at radius 2 is 1.24 bits per heavy atom. The van der Waals surface area contributed by atoms with E-state index >= 15 is 0 Å². The van der Waals surface area contributed by atoms with E-state index in [1.165, 1.54) is 38.5 Å². The number of hydrogen-bond donors (Lipinski definition) is 0. The molecule has 3 aromatic carbocycles. The van der Waals surface area contributed by atoms with Gasteiger partial charge in [-0.1, -0.05) is 6.07 Å². The minimum absolute atomic E-state index is 0.223. The molecular weight excluding hydrogens is 375 g/mol. The van der Waals surface area contributed by atoms with Crippen LogP contribution >= 0.6 is 0 Å². The molecule has 0 bridgehead atoms. The summed E-state index contributed by atoms with van der Waals surface area (Å²) in [6.45, 7) is 0. The molecule has 0 unspecified atom stereocenters. The number of hydrogen-bond acceptors (Lipinski definition) is 5. The second kappa shape index (κ2) is 10.7. The maximum atomic E-state index is 12.8. The number of carbonyl (C=O) groups excluding carboxylic acids is 1. The van der Waals surface area contributed by atoms with Crippen LogP contribution in [0.25, 0.3) is 0 Å². The van der Waals surface area contributed by atoms with Gasteiger partial charge in [0.2, 0.25) is 0 Å². The first-order chi connectivity index (χ1) is 14.0. The van der Waals surface area contributed by atoms with E-state index in [2.05, 4.69) is 0 Å². The molecule has 152 valence electrons. The zero-order valence-electron chi connectivity index (χ0n) is 16.8. The van der Waals surface area contributed by atoms with Crippen molar-refractivity contribution in [3.05, 3.63) is 83.7 Å². The molecule has 3 rings (SSSR count). The zero-order valence-corrected chi connectivity index (χ0v) is 16.8. The van der Waals surface area contributed by atoms with E-state index in [1.54, 1.807) is 32.4 Å². The standard InChI is InChI=1S/C15H13FO3.C8H10O2/c1-18-12-7-8-13(14(9-12)19-2)15(17)10-3-5-11(16)6-4-10;1-9-7-4-3-5-8(6-7)10-2/h3-9H,1-2H3;3-6H,1-2H3. The van der Waals surface area contributed by atoms with Crippen LogP contribution in [0.1, 0.15) is 15.9 Å². The first-order valence-electron chi connectivity index (χ1n) is 8.72. The first-order valence-corrected chi connectivity index (χ1v) is 8.72. The van der Waals surface area contributed by atoms with Crippen LogP contribution in [0.4, 0.5) is 4.39 Å². The third-order valence-corrected chi connectivity index (χ3v) is 4.04. The topological polar surface area (TPSA) is 54.0 Å². The molecule has 0 saturated heterocycles. The molecule has 0 aliphatic rings. The van der Waals surface area contributed by atoms with Gasteiger partial charge in [0.15, 0.2) is 5.78 Å². The Kier molecular flexibility index (Phi) is 8.03. The molecule has 0 spiro atoms. The molecule has 0 saturated carbocycles. The molecule has 3 aromatic rings. The summed E-state index contributed by atoms with van der Waals surface area (Å²) in [7, 11) is 6.29. The number of benzene rings is 3. The number of rotatable bonds is 6. The predicted octanol–water partition coefficient (Wildman–Crippen LogP) is 4.78. The molecule has 0 amide bonds. The van der Waals surface area contributed by atoms with Crippen molar-refractivity contribution in [1.29, 1.82) is 0 Å². The molecule has 0 atom stereocenters. The highest BCUT2D eigenvalue weighted by molar-refractivity contribution is 6.10. The number of ketones is 1. The molecule has 5 nitrogen and oxygen atoms in total. The van der Waals surface area contributed by atoms with Gasteiger partial charge in [-0.3, -0.25) is 4.79 Å². The normalized spacial score (nSPS) is 9.69. The summed E-state index contributed by atoms with van der Waals surface area (Å²) in [5, 5.41) is 0. The largest absolute Gasteiger partial charge is 0.497 e. The molecule has 0 aromatic heterocycles. The first kappa shape index (κ1) is 21.8. The molecule has 0 aliphatic carbocycles. The molecule has 0 radical (unpaired) electrons. The van der Waals surface area contributed by atoms with Gasteiger partial charge in [0.25, 0.3) is 0 Å². The van der Waals surface area contributed by atoms with E-state index < -0.39 is 0 Å². The molecule has 6 heteroatoms. The summed E-state index contributed by atoms with van der Waals surface area (Å²) in [5.74, 6) is 2.07. The smallest absolute Gasteiger partial charge is 0.196 e. The molecule has 0 fully saturated rings. The average molecular weight is 398 g/mol. The summed E-state index contributed by atoms with van der Waals surface area (Å²) in [6.07, 6.45) is 0. The van der Waals surface area contributed by atoms with Crippen molar-refractivity contribution < 1.29 is 28.1 Å². The fourth-order valence-corrected chi connectivity index (χ4v) is 2.47. The maximum Gasteiger partial charge on any atom is 0.196 e. The fraction of sp³-hybridized carbons (Fsp3) is 0.174. The maximum absolute atomic E-state index is 12.8. The lowest BCUT2D eigenvalue weighted by Crippen LogP contribution is -2.04.